The van der Waals surface area contributed by atoms with Crippen LogP contribution in [0.2, 0.25) is 5.02 Å². The lowest BCUT2D eigenvalue weighted by Gasteiger charge is -2.37. The number of benzene rings is 1. The lowest BCUT2D eigenvalue weighted by Crippen LogP contribution is -2.50. The molecule has 2 aliphatic rings. The molecule has 3 heterocycles. The summed E-state index contributed by atoms with van der Waals surface area (Å²) in [6.45, 7) is 5.49. The number of anilines is 1. The van der Waals surface area contributed by atoms with Crippen LogP contribution in [0.5, 0.6) is 0 Å². The van der Waals surface area contributed by atoms with Gasteiger partial charge in [-0.15, -0.1) is 0 Å². The van der Waals surface area contributed by atoms with Gasteiger partial charge >= 0.3 is 0 Å². The minimum Gasteiger partial charge on any atom is -0.369 e. The fourth-order valence-corrected chi connectivity index (χ4v) is 4.37. The van der Waals surface area contributed by atoms with Gasteiger partial charge in [-0.3, -0.25) is 24.4 Å². The number of imide groups is 1. The molecular weight excluding hydrogens is 408 g/mol. The van der Waals surface area contributed by atoms with E-state index in [1.54, 1.807) is 24.5 Å². The quantitative estimate of drug-likeness (QED) is 0.689. The minimum absolute atomic E-state index is 0.224. The van der Waals surface area contributed by atoms with Gasteiger partial charge in [0.1, 0.15) is 0 Å². The average Bonchev–Trinajstić information content (AvgIpc) is 2.99. The smallest absolute Gasteiger partial charge is 0.294 e. The van der Waals surface area contributed by atoms with Gasteiger partial charge in [0, 0.05) is 49.3 Å². The summed E-state index contributed by atoms with van der Waals surface area (Å²) in [5, 5.41) is 0.543. The zero-order valence-electron chi connectivity index (χ0n) is 16.0. The van der Waals surface area contributed by atoms with E-state index in [1.807, 2.05) is 25.1 Å². The van der Waals surface area contributed by atoms with E-state index in [9.17, 15) is 9.59 Å². The summed E-state index contributed by atoms with van der Waals surface area (Å²) >= 11 is 7.23. The molecule has 0 bridgehead atoms. The fourth-order valence-electron chi connectivity index (χ4n) is 3.36. The van der Waals surface area contributed by atoms with Gasteiger partial charge in [0.05, 0.1) is 11.6 Å². The Morgan fingerprint density at radius 1 is 1.17 bits per heavy atom. The first-order valence-corrected chi connectivity index (χ1v) is 10.6. The molecule has 0 radical (unpaired) electrons. The highest BCUT2D eigenvalue weighted by Crippen LogP contribution is 2.32. The van der Waals surface area contributed by atoms with Crippen molar-refractivity contribution in [2.45, 2.75) is 6.92 Å². The van der Waals surface area contributed by atoms with Crippen molar-refractivity contribution in [3.63, 3.8) is 0 Å². The molecule has 0 spiro atoms. The van der Waals surface area contributed by atoms with Crippen molar-refractivity contribution < 1.29 is 9.59 Å². The topological polar surface area (TPSA) is 56.8 Å². The first-order valence-electron chi connectivity index (χ1n) is 9.40. The first kappa shape index (κ1) is 19.9. The zero-order valence-corrected chi connectivity index (χ0v) is 17.6. The standard InChI is InChI=1S/C21H21ClN4O2S/c1-15-4-5-17(12-18(15)22)25-9-7-24(8-10-25)14-26-20(27)19(29-21(26)28)11-16-3-2-6-23-13-16/h2-6,11-13H,7-10,14H2,1H3. The predicted molar refractivity (Wildman–Crippen MR) is 117 cm³/mol. The highest BCUT2D eigenvalue weighted by molar-refractivity contribution is 8.18. The summed E-state index contributed by atoms with van der Waals surface area (Å²) in [6.07, 6.45) is 5.06. The molecule has 0 aliphatic carbocycles. The molecule has 2 saturated heterocycles. The van der Waals surface area contributed by atoms with Crippen molar-refractivity contribution in [2.75, 3.05) is 37.7 Å². The van der Waals surface area contributed by atoms with Crippen molar-refractivity contribution in [2.24, 2.45) is 0 Å². The van der Waals surface area contributed by atoms with E-state index in [0.29, 0.717) is 11.6 Å². The molecule has 2 fully saturated rings. The third kappa shape index (κ3) is 4.47. The molecule has 0 atom stereocenters. The number of hydrogen-bond acceptors (Lipinski definition) is 6. The second-order valence-corrected chi connectivity index (χ2v) is 8.48. The molecular formula is C21H21ClN4O2S. The summed E-state index contributed by atoms with van der Waals surface area (Å²) in [5.41, 5.74) is 2.97. The maximum Gasteiger partial charge on any atom is 0.294 e. The molecule has 4 rings (SSSR count). The summed E-state index contributed by atoms with van der Waals surface area (Å²) in [6, 6.07) is 9.76. The highest BCUT2D eigenvalue weighted by atomic mass is 35.5. The Morgan fingerprint density at radius 2 is 1.97 bits per heavy atom. The average molecular weight is 429 g/mol. The molecule has 6 nitrogen and oxygen atoms in total. The van der Waals surface area contributed by atoms with Gasteiger partial charge in [0.2, 0.25) is 0 Å². The van der Waals surface area contributed by atoms with Gasteiger partial charge < -0.3 is 4.90 Å². The molecule has 0 saturated carbocycles. The number of hydrogen-bond donors (Lipinski definition) is 0. The van der Waals surface area contributed by atoms with Crippen LogP contribution in [0.25, 0.3) is 6.08 Å². The molecule has 29 heavy (non-hydrogen) atoms. The molecule has 2 aromatic rings. The largest absolute Gasteiger partial charge is 0.369 e. The van der Waals surface area contributed by atoms with Gasteiger partial charge in [-0.2, -0.15) is 0 Å². The Morgan fingerprint density at radius 3 is 2.66 bits per heavy atom. The van der Waals surface area contributed by atoms with Crippen molar-refractivity contribution in [3.05, 3.63) is 63.8 Å². The van der Waals surface area contributed by atoms with Crippen LogP contribution >= 0.6 is 23.4 Å². The number of carbonyl (C=O) groups excluding carboxylic acids is 2. The number of nitrogens with zero attached hydrogens (tertiary/aromatic N) is 4. The van der Waals surface area contributed by atoms with Crippen LogP contribution in [0.1, 0.15) is 11.1 Å². The molecule has 1 aromatic heterocycles. The monoisotopic (exact) mass is 428 g/mol. The molecule has 2 aliphatic heterocycles. The number of rotatable bonds is 4. The van der Waals surface area contributed by atoms with E-state index < -0.39 is 0 Å². The fraction of sp³-hybridized carbons (Fsp3) is 0.286. The second kappa shape index (κ2) is 8.57. The molecule has 1 aromatic carbocycles. The number of aromatic nitrogens is 1. The summed E-state index contributed by atoms with van der Waals surface area (Å²) in [7, 11) is 0. The normalized spacial score (nSPS) is 19.4. The predicted octanol–water partition coefficient (Wildman–Crippen LogP) is 3.86. The summed E-state index contributed by atoms with van der Waals surface area (Å²) < 4.78 is 0. The molecule has 150 valence electrons. The summed E-state index contributed by atoms with van der Waals surface area (Å²) in [4.78, 5) is 35.3. The van der Waals surface area contributed by atoms with Gasteiger partial charge in [0.15, 0.2) is 0 Å². The Kier molecular flexibility index (Phi) is 5.89. The van der Waals surface area contributed by atoms with Crippen LogP contribution in [0.3, 0.4) is 0 Å². The SMILES string of the molecule is Cc1ccc(N2CCN(CN3C(=O)SC(=Cc4cccnc4)C3=O)CC2)cc1Cl. The number of thioether (sulfide) groups is 1. The van der Waals surface area contributed by atoms with Crippen LogP contribution < -0.4 is 4.90 Å². The van der Waals surface area contributed by atoms with E-state index in [0.717, 1.165) is 59.8 Å². The van der Waals surface area contributed by atoms with E-state index in [2.05, 4.69) is 20.9 Å². The van der Waals surface area contributed by atoms with Crippen LogP contribution in [-0.2, 0) is 4.79 Å². The first-order chi connectivity index (χ1) is 14.0. The Labute approximate surface area is 179 Å². The molecule has 0 unspecified atom stereocenters. The number of carbonyl (C=O) groups is 2. The number of amides is 2. The van der Waals surface area contributed by atoms with Crippen molar-refractivity contribution in [1.82, 2.24) is 14.8 Å². The number of piperazine rings is 1. The van der Waals surface area contributed by atoms with Gasteiger partial charge in [-0.25, -0.2) is 0 Å². The number of halogens is 1. The Balaban J connectivity index is 1.36. The molecule has 2 amide bonds. The number of aryl methyl sites for hydroxylation is 1. The minimum atomic E-state index is -0.239. The third-order valence-corrected chi connectivity index (χ3v) is 6.40. The van der Waals surface area contributed by atoms with Gasteiger partial charge in [-0.1, -0.05) is 23.7 Å². The maximum atomic E-state index is 12.7. The van der Waals surface area contributed by atoms with Crippen LogP contribution in [0.15, 0.2) is 47.6 Å². The maximum absolute atomic E-state index is 12.7. The summed E-state index contributed by atoms with van der Waals surface area (Å²) in [5.74, 6) is -0.239. The van der Waals surface area contributed by atoms with Crippen LogP contribution in [0, 0.1) is 6.92 Å². The van der Waals surface area contributed by atoms with Gasteiger partial charge in [0.25, 0.3) is 11.1 Å². The number of pyridine rings is 1. The molecule has 0 N–H and O–H groups in total. The second-order valence-electron chi connectivity index (χ2n) is 7.08. The van der Waals surface area contributed by atoms with Gasteiger partial charge in [-0.05, 0) is 54.1 Å². The van der Waals surface area contributed by atoms with Crippen molar-refractivity contribution in [1.29, 1.82) is 0 Å². The Bertz CT molecular complexity index is 958. The lowest BCUT2D eigenvalue weighted by atomic mass is 10.2. The van der Waals surface area contributed by atoms with Crippen molar-refractivity contribution in [3.8, 4) is 0 Å². The molecule has 8 heteroatoms. The third-order valence-electron chi connectivity index (χ3n) is 5.09. The van der Waals surface area contributed by atoms with E-state index in [-0.39, 0.29) is 11.1 Å². The van der Waals surface area contributed by atoms with E-state index >= 15 is 0 Å². The Hall–Kier alpha value is -2.35. The van der Waals surface area contributed by atoms with E-state index in [4.69, 9.17) is 11.6 Å². The highest BCUT2D eigenvalue weighted by Gasteiger charge is 2.36. The lowest BCUT2D eigenvalue weighted by molar-refractivity contribution is -0.124. The van der Waals surface area contributed by atoms with Crippen LogP contribution in [0.4, 0.5) is 10.5 Å². The van der Waals surface area contributed by atoms with E-state index in [1.165, 1.54) is 4.90 Å². The zero-order chi connectivity index (χ0) is 20.4. The van der Waals surface area contributed by atoms with Crippen LogP contribution in [-0.4, -0.2) is 58.8 Å². The van der Waals surface area contributed by atoms with Crippen molar-refractivity contribution >= 4 is 46.3 Å².